The Kier molecular flexibility index (Phi) is 11.9. The van der Waals surface area contributed by atoms with Gasteiger partial charge >= 0.3 is 6.09 Å². The largest absolute Gasteiger partial charge is 0.444 e. The van der Waals surface area contributed by atoms with E-state index in [4.69, 9.17) is 14.7 Å². The summed E-state index contributed by atoms with van der Waals surface area (Å²) < 4.78 is 5.46. The summed E-state index contributed by atoms with van der Waals surface area (Å²) in [4.78, 5) is 39.8. The summed E-state index contributed by atoms with van der Waals surface area (Å²) in [6, 6.07) is 44.7. The number of aromatic amines is 1. The van der Waals surface area contributed by atoms with Crippen LogP contribution in [0.3, 0.4) is 0 Å². The minimum absolute atomic E-state index is 0.137. The number of anilines is 2. The van der Waals surface area contributed by atoms with Crippen LogP contribution in [0.4, 0.5) is 15.6 Å². The molecule has 5 aromatic carbocycles. The zero-order valence-electron chi connectivity index (χ0n) is 31.2. The Hall–Kier alpha value is -6.57. The number of carbonyl (C=O) groups excluding carboxylic acids is 2. The van der Waals surface area contributed by atoms with Crippen molar-refractivity contribution in [3.05, 3.63) is 191 Å². The Bertz CT molecular complexity index is 2340. The van der Waals surface area contributed by atoms with E-state index in [1.165, 1.54) is 11.8 Å². The summed E-state index contributed by atoms with van der Waals surface area (Å²) >= 11 is 2.46. The van der Waals surface area contributed by atoms with Crippen LogP contribution in [0.2, 0.25) is 0 Å². The van der Waals surface area contributed by atoms with Crippen molar-refractivity contribution in [2.75, 3.05) is 10.6 Å². The van der Waals surface area contributed by atoms with E-state index < -0.39 is 23.2 Å². The van der Waals surface area contributed by atoms with Gasteiger partial charge in [0, 0.05) is 33.4 Å². The van der Waals surface area contributed by atoms with E-state index in [1.807, 2.05) is 146 Å². The molecule has 2 heterocycles. The molecular formula is C44H38N7O4S2. The maximum Gasteiger partial charge on any atom is 0.413 e. The molecule has 11 nitrogen and oxygen atoms in total. The van der Waals surface area contributed by atoms with Gasteiger partial charge in [0.25, 0.3) is 5.91 Å². The van der Waals surface area contributed by atoms with Crippen LogP contribution < -0.4 is 10.6 Å². The monoisotopic (exact) mass is 792 g/mol. The van der Waals surface area contributed by atoms with Gasteiger partial charge in [0.05, 0.1) is 11.9 Å². The third kappa shape index (κ3) is 9.46. The lowest BCUT2D eigenvalue weighted by molar-refractivity contribution is -0.110. The summed E-state index contributed by atoms with van der Waals surface area (Å²) in [5.74, 6) is -0.608. The quantitative estimate of drug-likeness (QED) is 0.0595. The molecule has 13 heteroatoms. The number of nitrogens with zero attached hydrogens (tertiary/aromatic N) is 4. The normalized spacial score (nSPS) is 11.8. The molecule has 0 atom stereocenters. The Morgan fingerprint density at radius 3 is 1.93 bits per heavy atom. The number of hydrogen-bond donors (Lipinski definition) is 3. The maximum atomic E-state index is 14.9. The fourth-order valence-corrected chi connectivity index (χ4v) is 7.49. The van der Waals surface area contributed by atoms with E-state index in [0.717, 1.165) is 39.2 Å². The van der Waals surface area contributed by atoms with E-state index in [0.29, 0.717) is 15.6 Å². The van der Waals surface area contributed by atoms with Crippen LogP contribution in [0, 0.1) is 6.42 Å². The standard InChI is InChI=1S/C44H38N7O4S2/c1-43(2,3)54-42(53)48-41-46-35(29-56-41)39(50-55-44(32-20-10-5-11-21-32,33-22-12-6-13-23-33)34-24-14-7-15-25-34)40(52)47-38-31(27-30-17-8-4-9-18-30)19-16-26-36(38)57-37-28-45-51-49-37/h4-29H,1-3H3,(H,47,52)(H,45,49,51)(H,46,48,53)/b50-39-. The highest BCUT2D eigenvalue weighted by Crippen LogP contribution is 2.41. The predicted octanol–water partition coefficient (Wildman–Crippen LogP) is 9.71. The molecule has 0 spiro atoms. The summed E-state index contributed by atoms with van der Waals surface area (Å²) in [5.41, 5.74) is 2.54. The molecule has 1 radical (unpaired) electrons. The molecule has 0 aliphatic carbocycles. The first kappa shape index (κ1) is 38.7. The van der Waals surface area contributed by atoms with Crippen LogP contribution in [-0.4, -0.2) is 43.7 Å². The summed E-state index contributed by atoms with van der Waals surface area (Å²) in [6.07, 6.45) is 2.97. The first-order valence-electron chi connectivity index (χ1n) is 17.9. The number of ether oxygens (including phenoxy) is 1. The van der Waals surface area contributed by atoms with Crippen molar-refractivity contribution in [2.45, 2.75) is 41.9 Å². The molecule has 0 aliphatic heterocycles. The lowest BCUT2D eigenvalue weighted by Crippen LogP contribution is -2.33. The highest BCUT2D eigenvalue weighted by Gasteiger charge is 2.40. The fourth-order valence-electron chi connectivity index (χ4n) is 5.97. The molecule has 285 valence electrons. The van der Waals surface area contributed by atoms with Gasteiger partial charge in [-0.05, 0) is 38.0 Å². The number of carbonyl (C=O) groups is 2. The molecule has 0 unspecified atom stereocenters. The lowest BCUT2D eigenvalue weighted by Gasteiger charge is -2.33. The van der Waals surface area contributed by atoms with E-state index >= 15 is 0 Å². The highest BCUT2D eigenvalue weighted by molar-refractivity contribution is 7.99. The molecule has 7 aromatic rings. The van der Waals surface area contributed by atoms with Crippen LogP contribution in [0.25, 0.3) is 0 Å². The molecule has 0 saturated carbocycles. The number of H-pyrrole nitrogens is 1. The van der Waals surface area contributed by atoms with Crippen LogP contribution >= 0.6 is 23.1 Å². The topological polar surface area (TPSA) is 143 Å². The minimum Gasteiger partial charge on any atom is -0.444 e. The molecule has 0 fully saturated rings. The molecule has 3 N–H and O–H groups in total. The smallest absolute Gasteiger partial charge is 0.413 e. The van der Waals surface area contributed by atoms with E-state index in [9.17, 15) is 9.59 Å². The van der Waals surface area contributed by atoms with Crippen LogP contribution in [0.15, 0.2) is 166 Å². The van der Waals surface area contributed by atoms with Gasteiger partial charge in [0.15, 0.2) is 10.8 Å². The van der Waals surface area contributed by atoms with Crippen molar-refractivity contribution < 1.29 is 19.2 Å². The molecule has 0 saturated heterocycles. The van der Waals surface area contributed by atoms with Gasteiger partial charge in [-0.15, -0.1) is 16.4 Å². The van der Waals surface area contributed by atoms with Gasteiger partial charge in [-0.3, -0.25) is 15.2 Å². The number of oxime groups is 1. The third-order valence-electron chi connectivity index (χ3n) is 8.41. The first-order valence-corrected chi connectivity index (χ1v) is 19.6. The van der Waals surface area contributed by atoms with Gasteiger partial charge in [-0.2, -0.15) is 0 Å². The maximum absolute atomic E-state index is 14.9. The SMILES string of the molecule is CC(C)(C)OC(=O)Nc1nc(/C(=N/OC(c2ccccc2)(c2ccccc2)c2ccccc2)C(=O)Nc2c([CH]c3ccccc3)cccc2Sc2c[nH]nn2)cs1. The number of nitrogens with one attached hydrogen (secondary N) is 3. The second-order valence-corrected chi connectivity index (χ2v) is 15.5. The molecule has 0 bridgehead atoms. The molecule has 0 aliphatic rings. The number of rotatable bonds is 13. The van der Waals surface area contributed by atoms with Crippen molar-refractivity contribution in [1.29, 1.82) is 0 Å². The van der Waals surface area contributed by atoms with Gasteiger partial charge in [0.2, 0.25) is 5.60 Å². The third-order valence-corrected chi connectivity index (χ3v) is 10.1. The summed E-state index contributed by atoms with van der Waals surface area (Å²) in [5, 5.41) is 23.8. The Labute approximate surface area is 338 Å². The highest BCUT2D eigenvalue weighted by atomic mass is 32.2. The Morgan fingerprint density at radius 2 is 1.37 bits per heavy atom. The van der Waals surface area contributed by atoms with Gasteiger partial charge < -0.3 is 14.9 Å². The summed E-state index contributed by atoms with van der Waals surface area (Å²) in [7, 11) is 0. The number of benzene rings is 5. The minimum atomic E-state index is -1.30. The van der Waals surface area contributed by atoms with Crippen LogP contribution in [0.5, 0.6) is 0 Å². The molecule has 2 aromatic heterocycles. The molecule has 57 heavy (non-hydrogen) atoms. The number of thiazole rings is 1. The van der Waals surface area contributed by atoms with Gasteiger partial charge in [0.1, 0.15) is 16.3 Å². The van der Waals surface area contributed by atoms with Crippen molar-refractivity contribution in [3.8, 4) is 0 Å². The number of amides is 2. The van der Waals surface area contributed by atoms with Gasteiger partial charge in [-0.1, -0.05) is 156 Å². The number of hydrogen-bond acceptors (Lipinski definition) is 10. The lowest BCUT2D eigenvalue weighted by atomic mass is 9.80. The number of aromatic nitrogens is 4. The second kappa shape index (κ2) is 17.5. The Morgan fingerprint density at radius 1 is 0.772 bits per heavy atom. The molecule has 2 amide bonds. The van der Waals surface area contributed by atoms with Crippen LogP contribution in [-0.2, 0) is 20.0 Å². The Balaban J connectivity index is 1.35. The van der Waals surface area contributed by atoms with E-state index in [-0.39, 0.29) is 16.5 Å². The van der Waals surface area contributed by atoms with E-state index in [1.54, 1.807) is 32.3 Å². The van der Waals surface area contributed by atoms with Crippen molar-refractivity contribution in [1.82, 2.24) is 20.4 Å². The van der Waals surface area contributed by atoms with Crippen molar-refractivity contribution in [3.63, 3.8) is 0 Å². The van der Waals surface area contributed by atoms with Crippen LogP contribution in [0.1, 0.15) is 54.3 Å². The first-order chi connectivity index (χ1) is 27.7. The fraction of sp³-hybridized carbons (Fsp3) is 0.114. The second-order valence-electron chi connectivity index (χ2n) is 13.6. The average molecular weight is 793 g/mol. The van der Waals surface area contributed by atoms with E-state index in [2.05, 4.69) is 31.0 Å². The zero-order valence-corrected chi connectivity index (χ0v) is 32.9. The van der Waals surface area contributed by atoms with Crippen molar-refractivity contribution in [2.24, 2.45) is 5.16 Å². The van der Waals surface area contributed by atoms with Gasteiger partial charge in [-0.25, -0.2) is 9.78 Å². The zero-order chi connectivity index (χ0) is 39.7. The number of para-hydroxylation sites is 1. The van der Waals surface area contributed by atoms with Crippen molar-refractivity contribution >= 4 is 51.6 Å². The predicted molar refractivity (Wildman–Crippen MR) is 223 cm³/mol. The summed E-state index contributed by atoms with van der Waals surface area (Å²) in [6.45, 7) is 5.31. The molecular weight excluding hydrogens is 755 g/mol. The average Bonchev–Trinajstić information content (AvgIpc) is 3.91. The molecule has 7 rings (SSSR count).